The minimum Gasteiger partial charge on any atom is -0.281 e. The van der Waals surface area contributed by atoms with Crippen LogP contribution in [0, 0.1) is 12.3 Å². The van der Waals surface area contributed by atoms with Gasteiger partial charge in [-0.1, -0.05) is 0 Å². The zero-order valence-corrected chi connectivity index (χ0v) is 10.5. The molecule has 1 aliphatic carbocycles. The van der Waals surface area contributed by atoms with E-state index in [0.29, 0.717) is 18.1 Å². The molecule has 1 saturated carbocycles. The molecular formula is C9H14ClN3O2S. The fourth-order valence-electron chi connectivity index (χ4n) is 1.47. The summed E-state index contributed by atoms with van der Waals surface area (Å²) in [5, 5.41) is 6.30. The Morgan fingerprint density at radius 1 is 1.62 bits per heavy atom. The van der Waals surface area contributed by atoms with Gasteiger partial charge in [0.2, 0.25) is 10.0 Å². The second-order valence-corrected chi connectivity index (χ2v) is 6.32. The maximum absolute atomic E-state index is 11.9. The Kier molecular flexibility index (Phi) is 2.98. The third-order valence-electron chi connectivity index (χ3n) is 2.95. The Morgan fingerprint density at radius 2 is 2.31 bits per heavy atom. The van der Waals surface area contributed by atoms with Gasteiger partial charge in [-0.15, -0.1) is 11.6 Å². The lowest BCUT2D eigenvalue weighted by molar-refractivity contribution is 0.534. The number of rotatable bonds is 5. The first-order valence-corrected chi connectivity index (χ1v) is 7.06. The minimum atomic E-state index is -3.45. The van der Waals surface area contributed by atoms with Gasteiger partial charge in [0.1, 0.15) is 4.90 Å². The number of halogens is 1. The first-order valence-electron chi connectivity index (χ1n) is 5.05. The highest BCUT2D eigenvalue weighted by Gasteiger charge is 2.42. The molecule has 0 spiro atoms. The van der Waals surface area contributed by atoms with Gasteiger partial charge in [-0.3, -0.25) is 5.10 Å². The second kappa shape index (κ2) is 4.01. The SMILES string of the molecule is Cc1[nH]ncc1S(=O)(=O)NCC1(CCl)CC1. The number of alkyl halides is 1. The summed E-state index contributed by atoms with van der Waals surface area (Å²) in [7, 11) is -3.45. The highest BCUT2D eigenvalue weighted by Crippen LogP contribution is 2.46. The summed E-state index contributed by atoms with van der Waals surface area (Å²) in [6.07, 6.45) is 3.30. The number of hydrogen-bond donors (Lipinski definition) is 2. The van der Waals surface area contributed by atoms with Crippen LogP contribution < -0.4 is 4.72 Å². The van der Waals surface area contributed by atoms with E-state index in [4.69, 9.17) is 11.6 Å². The molecule has 0 aromatic carbocycles. The highest BCUT2D eigenvalue weighted by molar-refractivity contribution is 7.89. The molecule has 0 saturated heterocycles. The number of aromatic nitrogens is 2. The van der Waals surface area contributed by atoms with Crippen molar-refractivity contribution in [3.8, 4) is 0 Å². The van der Waals surface area contributed by atoms with Crippen LogP contribution in [0.1, 0.15) is 18.5 Å². The van der Waals surface area contributed by atoms with Gasteiger partial charge in [0.05, 0.1) is 11.9 Å². The van der Waals surface area contributed by atoms with Crippen molar-refractivity contribution in [3.63, 3.8) is 0 Å². The van der Waals surface area contributed by atoms with Crippen LogP contribution in [0.5, 0.6) is 0 Å². The van der Waals surface area contributed by atoms with Crippen molar-refractivity contribution in [2.45, 2.75) is 24.7 Å². The van der Waals surface area contributed by atoms with Gasteiger partial charge in [-0.05, 0) is 25.2 Å². The lowest BCUT2D eigenvalue weighted by atomic mass is 10.1. The number of aryl methyl sites for hydroxylation is 1. The van der Waals surface area contributed by atoms with E-state index in [1.54, 1.807) is 6.92 Å². The Morgan fingerprint density at radius 3 is 2.75 bits per heavy atom. The predicted octanol–water partition coefficient (Wildman–Crippen LogP) is 1.02. The van der Waals surface area contributed by atoms with Gasteiger partial charge in [0.15, 0.2) is 0 Å². The van der Waals surface area contributed by atoms with Gasteiger partial charge in [-0.2, -0.15) is 5.10 Å². The molecule has 1 aromatic heterocycles. The fraction of sp³-hybridized carbons (Fsp3) is 0.667. The van der Waals surface area contributed by atoms with Crippen LogP contribution in [0.2, 0.25) is 0 Å². The van der Waals surface area contributed by atoms with Gasteiger partial charge in [0, 0.05) is 12.4 Å². The molecule has 0 amide bonds. The van der Waals surface area contributed by atoms with Crippen LogP contribution in [0.15, 0.2) is 11.1 Å². The summed E-state index contributed by atoms with van der Waals surface area (Å²) in [5.74, 6) is 0.500. The van der Waals surface area contributed by atoms with Gasteiger partial charge < -0.3 is 0 Å². The standard InChI is InChI=1S/C9H14ClN3O2S/c1-7-8(4-11-13-7)16(14,15)12-6-9(5-10)2-3-9/h4,12H,2-3,5-6H2,1H3,(H,11,13). The van der Waals surface area contributed by atoms with Crippen LogP contribution >= 0.6 is 11.6 Å². The summed E-state index contributed by atoms with van der Waals surface area (Å²) in [6.45, 7) is 2.08. The fourth-order valence-corrected chi connectivity index (χ4v) is 3.12. The summed E-state index contributed by atoms with van der Waals surface area (Å²) in [5.41, 5.74) is 0.523. The van der Waals surface area contributed by atoms with Crippen molar-refractivity contribution >= 4 is 21.6 Å². The van der Waals surface area contributed by atoms with Crippen molar-refractivity contribution in [1.29, 1.82) is 0 Å². The molecule has 0 bridgehead atoms. The normalized spacial score (nSPS) is 18.6. The quantitative estimate of drug-likeness (QED) is 0.779. The Bertz CT molecular complexity index is 479. The summed E-state index contributed by atoms with van der Waals surface area (Å²) >= 11 is 5.79. The molecule has 2 N–H and O–H groups in total. The Labute approximate surface area is 99.6 Å². The van der Waals surface area contributed by atoms with Crippen LogP contribution in [0.25, 0.3) is 0 Å². The van der Waals surface area contributed by atoms with Crippen LogP contribution in [0.3, 0.4) is 0 Å². The number of H-pyrrole nitrogens is 1. The van der Waals surface area contributed by atoms with Crippen molar-refractivity contribution < 1.29 is 8.42 Å². The number of hydrogen-bond acceptors (Lipinski definition) is 3. The number of nitrogens with zero attached hydrogens (tertiary/aromatic N) is 1. The molecule has 1 aromatic rings. The second-order valence-electron chi connectivity index (χ2n) is 4.32. The first kappa shape index (κ1) is 11.9. The zero-order chi connectivity index (χ0) is 11.8. The van der Waals surface area contributed by atoms with E-state index in [-0.39, 0.29) is 10.3 Å². The molecule has 5 nitrogen and oxygen atoms in total. The van der Waals surface area contributed by atoms with Crippen LogP contribution in [0.4, 0.5) is 0 Å². The smallest absolute Gasteiger partial charge is 0.243 e. The number of nitrogens with one attached hydrogen (secondary N) is 2. The van der Waals surface area contributed by atoms with E-state index < -0.39 is 10.0 Å². The third kappa shape index (κ3) is 2.23. The number of sulfonamides is 1. The highest BCUT2D eigenvalue weighted by atomic mass is 35.5. The van der Waals surface area contributed by atoms with Crippen LogP contribution in [-0.4, -0.2) is 31.0 Å². The molecular weight excluding hydrogens is 250 g/mol. The Balaban J connectivity index is 2.07. The van der Waals surface area contributed by atoms with Crippen molar-refractivity contribution in [1.82, 2.24) is 14.9 Å². The molecule has 16 heavy (non-hydrogen) atoms. The molecule has 1 aliphatic rings. The van der Waals surface area contributed by atoms with E-state index in [1.165, 1.54) is 6.20 Å². The largest absolute Gasteiger partial charge is 0.281 e. The van der Waals surface area contributed by atoms with E-state index in [2.05, 4.69) is 14.9 Å². The molecule has 2 rings (SSSR count). The van der Waals surface area contributed by atoms with Gasteiger partial charge in [-0.25, -0.2) is 13.1 Å². The third-order valence-corrected chi connectivity index (χ3v) is 5.03. The maximum atomic E-state index is 11.9. The lowest BCUT2D eigenvalue weighted by Gasteiger charge is -2.12. The molecule has 1 fully saturated rings. The molecule has 0 atom stereocenters. The van der Waals surface area contributed by atoms with Gasteiger partial charge >= 0.3 is 0 Å². The monoisotopic (exact) mass is 263 g/mol. The zero-order valence-electron chi connectivity index (χ0n) is 8.96. The average molecular weight is 264 g/mol. The summed E-state index contributed by atoms with van der Waals surface area (Å²) in [4.78, 5) is 0.206. The lowest BCUT2D eigenvalue weighted by Crippen LogP contribution is -2.31. The minimum absolute atomic E-state index is 0.0216. The molecule has 0 aliphatic heterocycles. The van der Waals surface area contributed by atoms with E-state index in [1.807, 2.05) is 0 Å². The van der Waals surface area contributed by atoms with E-state index >= 15 is 0 Å². The summed E-state index contributed by atoms with van der Waals surface area (Å²) in [6, 6.07) is 0. The van der Waals surface area contributed by atoms with Gasteiger partial charge in [0.25, 0.3) is 0 Å². The van der Waals surface area contributed by atoms with Crippen molar-refractivity contribution in [3.05, 3.63) is 11.9 Å². The van der Waals surface area contributed by atoms with E-state index in [9.17, 15) is 8.42 Å². The molecule has 90 valence electrons. The molecule has 1 heterocycles. The average Bonchev–Trinajstić information content (AvgIpc) is 2.91. The maximum Gasteiger partial charge on any atom is 0.243 e. The topological polar surface area (TPSA) is 74.8 Å². The summed E-state index contributed by atoms with van der Waals surface area (Å²) < 4.78 is 26.4. The van der Waals surface area contributed by atoms with Crippen molar-refractivity contribution in [2.75, 3.05) is 12.4 Å². The predicted molar refractivity (Wildman–Crippen MR) is 60.9 cm³/mol. The van der Waals surface area contributed by atoms with Crippen molar-refractivity contribution in [2.24, 2.45) is 5.41 Å². The molecule has 0 unspecified atom stereocenters. The number of aromatic amines is 1. The van der Waals surface area contributed by atoms with Crippen LogP contribution in [-0.2, 0) is 10.0 Å². The Hall–Kier alpha value is -0.590. The first-order chi connectivity index (χ1) is 7.49. The molecule has 0 radical (unpaired) electrons. The molecule has 7 heteroatoms. The van der Waals surface area contributed by atoms with E-state index in [0.717, 1.165) is 12.8 Å².